The molecule has 0 amide bonds. The SMILES string of the molecule is CCOC(=O)c1nnc(-n2cnc(C(=O)OC)n2)s1. The second kappa shape index (κ2) is 5.52. The number of nitrogens with zero attached hydrogens (tertiary/aromatic N) is 5. The Bertz CT molecular complexity index is 607. The van der Waals surface area contributed by atoms with Crippen LogP contribution in [0, 0.1) is 0 Å². The maximum Gasteiger partial charge on any atom is 0.377 e. The molecular weight excluding hydrogens is 274 g/mol. The van der Waals surface area contributed by atoms with Gasteiger partial charge in [0.15, 0.2) is 0 Å². The Kier molecular flexibility index (Phi) is 3.80. The number of carbonyl (C=O) groups is 2. The first-order valence-corrected chi connectivity index (χ1v) is 5.98. The van der Waals surface area contributed by atoms with Crippen LogP contribution in [0.1, 0.15) is 27.3 Å². The van der Waals surface area contributed by atoms with Crippen LogP contribution < -0.4 is 0 Å². The van der Waals surface area contributed by atoms with Gasteiger partial charge < -0.3 is 9.47 Å². The highest BCUT2D eigenvalue weighted by molar-refractivity contribution is 7.15. The molecule has 0 aromatic carbocycles. The number of hydrogen-bond donors (Lipinski definition) is 0. The van der Waals surface area contributed by atoms with Crippen molar-refractivity contribution in [2.75, 3.05) is 13.7 Å². The average Bonchev–Trinajstić information content (AvgIpc) is 3.06. The van der Waals surface area contributed by atoms with Crippen molar-refractivity contribution in [3.8, 4) is 5.13 Å². The van der Waals surface area contributed by atoms with Gasteiger partial charge in [-0.15, -0.1) is 15.3 Å². The number of carbonyl (C=O) groups excluding carboxylic acids is 2. The summed E-state index contributed by atoms with van der Waals surface area (Å²) in [7, 11) is 1.23. The number of rotatable bonds is 4. The average molecular weight is 283 g/mol. The molecule has 9 nitrogen and oxygen atoms in total. The van der Waals surface area contributed by atoms with Crippen molar-refractivity contribution in [1.82, 2.24) is 25.0 Å². The number of methoxy groups -OCH3 is 1. The summed E-state index contributed by atoms with van der Waals surface area (Å²) in [5, 5.41) is 11.7. The fraction of sp³-hybridized carbons (Fsp3) is 0.333. The van der Waals surface area contributed by atoms with E-state index in [4.69, 9.17) is 4.74 Å². The van der Waals surface area contributed by atoms with E-state index in [1.54, 1.807) is 6.92 Å². The number of hydrogen-bond acceptors (Lipinski definition) is 9. The summed E-state index contributed by atoms with van der Waals surface area (Å²) in [5.41, 5.74) is 0. The summed E-state index contributed by atoms with van der Waals surface area (Å²) in [6.45, 7) is 1.95. The molecule has 19 heavy (non-hydrogen) atoms. The lowest BCUT2D eigenvalue weighted by Gasteiger charge is -1.94. The second-order valence-electron chi connectivity index (χ2n) is 3.11. The van der Waals surface area contributed by atoms with E-state index < -0.39 is 11.9 Å². The van der Waals surface area contributed by atoms with E-state index in [-0.39, 0.29) is 17.4 Å². The Morgan fingerprint density at radius 1 is 1.37 bits per heavy atom. The number of aromatic nitrogens is 5. The lowest BCUT2D eigenvalue weighted by Crippen LogP contribution is -2.05. The number of esters is 2. The molecule has 0 spiro atoms. The van der Waals surface area contributed by atoms with E-state index in [1.807, 2.05) is 0 Å². The second-order valence-corrected chi connectivity index (χ2v) is 4.07. The van der Waals surface area contributed by atoms with Crippen LogP contribution in [0.2, 0.25) is 0 Å². The third-order valence-electron chi connectivity index (χ3n) is 1.92. The van der Waals surface area contributed by atoms with E-state index in [0.717, 1.165) is 11.3 Å². The van der Waals surface area contributed by atoms with Crippen LogP contribution in [0.4, 0.5) is 0 Å². The monoisotopic (exact) mass is 283 g/mol. The summed E-state index contributed by atoms with van der Waals surface area (Å²) in [6, 6.07) is 0. The first kappa shape index (κ1) is 13.1. The molecule has 0 aliphatic carbocycles. The van der Waals surface area contributed by atoms with Crippen LogP contribution in [0.15, 0.2) is 6.33 Å². The van der Waals surface area contributed by atoms with Crippen LogP contribution in [0.3, 0.4) is 0 Å². The Morgan fingerprint density at radius 3 is 2.84 bits per heavy atom. The zero-order valence-corrected chi connectivity index (χ0v) is 10.9. The zero-order chi connectivity index (χ0) is 13.8. The summed E-state index contributed by atoms with van der Waals surface area (Å²) in [5.74, 6) is -1.32. The molecule has 0 saturated carbocycles. The first-order valence-electron chi connectivity index (χ1n) is 5.16. The quantitative estimate of drug-likeness (QED) is 0.726. The molecule has 2 rings (SSSR count). The van der Waals surface area contributed by atoms with Gasteiger partial charge in [0.25, 0.3) is 5.82 Å². The maximum atomic E-state index is 11.4. The molecule has 0 N–H and O–H groups in total. The third-order valence-corrected chi connectivity index (χ3v) is 2.81. The standard InChI is InChI=1S/C9H9N5O4S/c1-3-18-8(16)6-11-12-9(19-6)14-4-10-5(13-14)7(15)17-2/h4H,3H2,1-2H3. The van der Waals surface area contributed by atoms with Gasteiger partial charge in [-0.05, 0) is 6.92 Å². The van der Waals surface area contributed by atoms with Crippen LogP contribution in [0.25, 0.3) is 5.13 Å². The molecule has 0 aliphatic rings. The van der Waals surface area contributed by atoms with E-state index in [9.17, 15) is 9.59 Å². The van der Waals surface area contributed by atoms with Gasteiger partial charge in [-0.25, -0.2) is 14.6 Å². The van der Waals surface area contributed by atoms with Gasteiger partial charge in [-0.1, -0.05) is 11.3 Å². The molecule has 0 unspecified atom stereocenters. The van der Waals surface area contributed by atoms with Crippen LogP contribution in [-0.2, 0) is 9.47 Å². The largest absolute Gasteiger partial charge is 0.463 e. The molecular formula is C9H9N5O4S. The predicted molar refractivity (Wildman–Crippen MR) is 62.1 cm³/mol. The van der Waals surface area contributed by atoms with Crippen molar-refractivity contribution < 1.29 is 19.1 Å². The van der Waals surface area contributed by atoms with E-state index in [1.165, 1.54) is 18.1 Å². The topological polar surface area (TPSA) is 109 Å². The van der Waals surface area contributed by atoms with Gasteiger partial charge in [-0.3, -0.25) is 0 Å². The highest BCUT2D eigenvalue weighted by Gasteiger charge is 2.17. The molecule has 0 atom stereocenters. The first-order chi connectivity index (χ1) is 9.15. The van der Waals surface area contributed by atoms with Crippen molar-refractivity contribution in [2.45, 2.75) is 6.92 Å². The Labute approximate surface area is 111 Å². The summed E-state index contributed by atoms with van der Waals surface area (Å²) in [4.78, 5) is 26.4. The summed E-state index contributed by atoms with van der Waals surface area (Å²) >= 11 is 0.978. The van der Waals surface area contributed by atoms with Gasteiger partial charge in [-0.2, -0.15) is 4.68 Å². The van der Waals surface area contributed by atoms with Crippen molar-refractivity contribution in [3.63, 3.8) is 0 Å². The van der Waals surface area contributed by atoms with Gasteiger partial charge in [0.2, 0.25) is 10.1 Å². The lowest BCUT2D eigenvalue weighted by atomic mass is 10.6. The fourth-order valence-electron chi connectivity index (χ4n) is 1.12. The molecule has 100 valence electrons. The zero-order valence-electron chi connectivity index (χ0n) is 10.1. The van der Waals surface area contributed by atoms with Crippen molar-refractivity contribution in [3.05, 3.63) is 17.2 Å². The Hall–Kier alpha value is -2.36. The molecule has 2 aromatic rings. The minimum Gasteiger partial charge on any atom is -0.463 e. The minimum absolute atomic E-state index is 0.101. The van der Waals surface area contributed by atoms with Gasteiger partial charge in [0.1, 0.15) is 6.33 Å². The van der Waals surface area contributed by atoms with Crippen molar-refractivity contribution in [1.29, 1.82) is 0 Å². The van der Waals surface area contributed by atoms with Crippen molar-refractivity contribution in [2.24, 2.45) is 0 Å². The molecule has 2 heterocycles. The molecule has 2 aromatic heterocycles. The van der Waals surface area contributed by atoms with E-state index >= 15 is 0 Å². The Morgan fingerprint density at radius 2 is 2.16 bits per heavy atom. The lowest BCUT2D eigenvalue weighted by molar-refractivity contribution is 0.0523. The summed E-state index contributed by atoms with van der Waals surface area (Å²) in [6.07, 6.45) is 1.28. The highest BCUT2D eigenvalue weighted by Crippen LogP contribution is 2.14. The van der Waals surface area contributed by atoms with E-state index in [2.05, 4.69) is 25.0 Å². The molecule has 0 aliphatic heterocycles. The molecule has 0 bridgehead atoms. The minimum atomic E-state index is -0.658. The maximum absolute atomic E-state index is 11.4. The van der Waals surface area contributed by atoms with Crippen LogP contribution in [-0.4, -0.2) is 50.6 Å². The predicted octanol–water partition coefficient (Wildman–Crippen LogP) is 0.0821. The van der Waals surface area contributed by atoms with Gasteiger partial charge >= 0.3 is 11.9 Å². The highest BCUT2D eigenvalue weighted by atomic mass is 32.1. The smallest absolute Gasteiger partial charge is 0.377 e. The summed E-state index contributed by atoms with van der Waals surface area (Å²) < 4.78 is 10.5. The van der Waals surface area contributed by atoms with Gasteiger partial charge in [0.05, 0.1) is 13.7 Å². The van der Waals surface area contributed by atoms with Gasteiger partial charge in [0, 0.05) is 0 Å². The molecule has 0 saturated heterocycles. The van der Waals surface area contributed by atoms with Crippen LogP contribution >= 0.6 is 11.3 Å². The molecule has 0 radical (unpaired) electrons. The third kappa shape index (κ3) is 2.73. The normalized spacial score (nSPS) is 10.2. The van der Waals surface area contributed by atoms with E-state index in [0.29, 0.717) is 5.13 Å². The molecule has 10 heteroatoms. The molecule has 0 fully saturated rings. The fourth-order valence-corrected chi connectivity index (χ4v) is 1.78. The number of ether oxygens (including phenoxy) is 2. The van der Waals surface area contributed by atoms with Crippen LogP contribution in [0.5, 0.6) is 0 Å². The van der Waals surface area contributed by atoms with Crippen molar-refractivity contribution >= 4 is 23.3 Å². The Balaban J connectivity index is 2.21.